The molecule has 0 fully saturated rings. The molecular formula is C12H15F4NO. The number of hydrogen-bond acceptors (Lipinski definition) is 2. The second-order valence-electron chi connectivity index (χ2n) is 4.02. The molecule has 0 bridgehead atoms. The number of halogens is 4. The fourth-order valence-corrected chi connectivity index (χ4v) is 1.42. The minimum Gasteiger partial charge on any atom is -0.376 e. The van der Waals surface area contributed by atoms with Crippen LogP contribution >= 0.6 is 0 Å². The Kier molecular flexibility index (Phi) is 5.10. The Morgan fingerprint density at radius 3 is 2.28 bits per heavy atom. The van der Waals surface area contributed by atoms with Crippen LogP contribution in [0.25, 0.3) is 0 Å². The van der Waals surface area contributed by atoms with Crippen molar-refractivity contribution in [2.24, 2.45) is 5.73 Å². The zero-order valence-corrected chi connectivity index (χ0v) is 9.88. The van der Waals surface area contributed by atoms with Crippen LogP contribution in [-0.2, 0) is 4.74 Å². The van der Waals surface area contributed by atoms with Crippen molar-refractivity contribution in [2.45, 2.75) is 31.7 Å². The van der Waals surface area contributed by atoms with Crippen molar-refractivity contribution in [3.63, 3.8) is 0 Å². The average molecular weight is 265 g/mol. The summed E-state index contributed by atoms with van der Waals surface area (Å²) in [5, 5.41) is 0. The maximum Gasteiger partial charge on any atom is 0.391 e. The van der Waals surface area contributed by atoms with E-state index >= 15 is 0 Å². The number of benzene rings is 1. The highest BCUT2D eigenvalue weighted by Gasteiger charge is 2.27. The van der Waals surface area contributed by atoms with Crippen molar-refractivity contribution in [2.75, 3.05) is 6.61 Å². The van der Waals surface area contributed by atoms with Gasteiger partial charge in [-0.05, 0) is 24.6 Å². The van der Waals surface area contributed by atoms with E-state index in [1.165, 1.54) is 24.3 Å². The fourth-order valence-electron chi connectivity index (χ4n) is 1.42. The van der Waals surface area contributed by atoms with E-state index in [0.29, 0.717) is 5.56 Å². The SMILES string of the molecule is CC(OCCC(F)(F)F)C(N)c1ccc(F)cc1. The van der Waals surface area contributed by atoms with E-state index in [0.717, 1.165) is 0 Å². The molecule has 0 aliphatic heterocycles. The van der Waals surface area contributed by atoms with Gasteiger partial charge in [0.05, 0.1) is 25.2 Å². The Balaban J connectivity index is 2.46. The van der Waals surface area contributed by atoms with Crippen LogP contribution in [-0.4, -0.2) is 18.9 Å². The molecule has 2 N–H and O–H groups in total. The molecule has 1 aromatic carbocycles. The third-order valence-corrected chi connectivity index (χ3v) is 2.53. The molecule has 0 radical (unpaired) electrons. The number of rotatable bonds is 5. The fraction of sp³-hybridized carbons (Fsp3) is 0.500. The Morgan fingerprint density at radius 1 is 1.22 bits per heavy atom. The van der Waals surface area contributed by atoms with Crippen molar-refractivity contribution in [1.29, 1.82) is 0 Å². The van der Waals surface area contributed by atoms with Crippen molar-refractivity contribution in [3.8, 4) is 0 Å². The second kappa shape index (κ2) is 6.15. The first-order valence-corrected chi connectivity index (χ1v) is 5.49. The lowest BCUT2D eigenvalue weighted by molar-refractivity contribution is -0.149. The van der Waals surface area contributed by atoms with E-state index in [1.54, 1.807) is 6.92 Å². The lowest BCUT2D eigenvalue weighted by Gasteiger charge is -2.21. The smallest absolute Gasteiger partial charge is 0.376 e. The lowest BCUT2D eigenvalue weighted by atomic mass is 10.0. The van der Waals surface area contributed by atoms with Gasteiger partial charge < -0.3 is 10.5 Å². The number of ether oxygens (including phenoxy) is 1. The third kappa shape index (κ3) is 5.01. The van der Waals surface area contributed by atoms with Gasteiger partial charge in [0.2, 0.25) is 0 Å². The van der Waals surface area contributed by atoms with E-state index in [4.69, 9.17) is 10.5 Å². The highest BCUT2D eigenvalue weighted by molar-refractivity contribution is 5.20. The molecule has 0 saturated heterocycles. The van der Waals surface area contributed by atoms with E-state index < -0.39 is 37.2 Å². The van der Waals surface area contributed by atoms with Crippen LogP contribution in [0.4, 0.5) is 17.6 Å². The molecule has 0 amide bonds. The number of hydrogen-bond donors (Lipinski definition) is 1. The van der Waals surface area contributed by atoms with Crippen LogP contribution < -0.4 is 5.73 Å². The molecule has 18 heavy (non-hydrogen) atoms. The number of nitrogens with two attached hydrogens (primary N) is 1. The molecule has 0 aromatic heterocycles. The summed E-state index contributed by atoms with van der Waals surface area (Å²) < 4.78 is 53.5. The predicted octanol–water partition coefficient (Wildman–Crippen LogP) is 3.18. The van der Waals surface area contributed by atoms with Crippen LogP contribution in [0, 0.1) is 5.82 Å². The second-order valence-corrected chi connectivity index (χ2v) is 4.02. The molecule has 1 aromatic rings. The third-order valence-electron chi connectivity index (χ3n) is 2.53. The topological polar surface area (TPSA) is 35.2 Å². The minimum atomic E-state index is -4.24. The summed E-state index contributed by atoms with van der Waals surface area (Å²) in [6, 6.07) is 4.89. The molecular weight excluding hydrogens is 250 g/mol. The highest BCUT2D eigenvalue weighted by atomic mass is 19.4. The number of alkyl halides is 3. The van der Waals surface area contributed by atoms with Gasteiger partial charge in [0.1, 0.15) is 5.82 Å². The van der Waals surface area contributed by atoms with Crippen LogP contribution in [0.3, 0.4) is 0 Å². The van der Waals surface area contributed by atoms with E-state index in [1.807, 2.05) is 0 Å². The summed E-state index contributed by atoms with van der Waals surface area (Å²) in [5.74, 6) is -0.392. The van der Waals surface area contributed by atoms with Gasteiger partial charge in [-0.2, -0.15) is 13.2 Å². The van der Waals surface area contributed by atoms with Crippen LogP contribution in [0.2, 0.25) is 0 Å². The van der Waals surface area contributed by atoms with Crippen LogP contribution in [0.5, 0.6) is 0 Å². The Hall–Kier alpha value is -1.14. The Morgan fingerprint density at radius 2 is 1.78 bits per heavy atom. The van der Waals surface area contributed by atoms with Gasteiger partial charge in [-0.25, -0.2) is 4.39 Å². The molecule has 1 rings (SSSR count). The van der Waals surface area contributed by atoms with Crippen molar-refractivity contribution in [3.05, 3.63) is 35.6 Å². The minimum absolute atomic E-state index is 0.392. The van der Waals surface area contributed by atoms with Crippen molar-refractivity contribution in [1.82, 2.24) is 0 Å². The summed E-state index contributed by atoms with van der Waals surface area (Å²) in [5.41, 5.74) is 6.43. The summed E-state index contributed by atoms with van der Waals surface area (Å²) in [6.45, 7) is 1.16. The Labute approximate surface area is 103 Å². The molecule has 2 atom stereocenters. The molecule has 102 valence electrons. The molecule has 0 saturated carbocycles. The lowest BCUT2D eigenvalue weighted by Crippen LogP contribution is -2.27. The summed E-state index contributed by atoms with van der Waals surface area (Å²) >= 11 is 0. The van der Waals surface area contributed by atoms with Crippen molar-refractivity contribution >= 4 is 0 Å². The van der Waals surface area contributed by atoms with E-state index in [9.17, 15) is 17.6 Å². The zero-order valence-electron chi connectivity index (χ0n) is 9.88. The van der Waals surface area contributed by atoms with Gasteiger partial charge in [0, 0.05) is 0 Å². The monoisotopic (exact) mass is 265 g/mol. The largest absolute Gasteiger partial charge is 0.391 e. The predicted molar refractivity (Wildman–Crippen MR) is 59.4 cm³/mol. The van der Waals surface area contributed by atoms with Gasteiger partial charge in [-0.3, -0.25) is 0 Å². The van der Waals surface area contributed by atoms with E-state index in [-0.39, 0.29) is 0 Å². The van der Waals surface area contributed by atoms with Gasteiger partial charge >= 0.3 is 6.18 Å². The summed E-state index contributed by atoms with van der Waals surface area (Å²) in [4.78, 5) is 0. The van der Waals surface area contributed by atoms with Gasteiger partial charge in [0.15, 0.2) is 0 Å². The standard InChI is InChI=1S/C12H15F4NO/c1-8(18-7-6-12(14,15)16)11(17)9-2-4-10(13)5-3-9/h2-5,8,11H,6-7,17H2,1H3. The summed E-state index contributed by atoms with van der Waals surface area (Å²) in [7, 11) is 0. The molecule has 2 nitrogen and oxygen atoms in total. The first-order valence-electron chi connectivity index (χ1n) is 5.49. The summed E-state index contributed by atoms with van der Waals surface area (Å²) in [6.07, 6.45) is -5.81. The van der Waals surface area contributed by atoms with Gasteiger partial charge in [-0.1, -0.05) is 12.1 Å². The molecule has 0 aliphatic carbocycles. The highest BCUT2D eigenvalue weighted by Crippen LogP contribution is 2.21. The Bertz CT molecular complexity index is 363. The average Bonchev–Trinajstić information content (AvgIpc) is 2.27. The molecule has 6 heteroatoms. The zero-order chi connectivity index (χ0) is 13.8. The molecule has 2 unspecified atom stereocenters. The normalized spacial score (nSPS) is 15.4. The van der Waals surface area contributed by atoms with E-state index in [2.05, 4.69) is 0 Å². The maximum absolute atomic E-state index is 12.7. The molecule has 0 aliphatic rings. The maximum atomic E-state index is 12.7. The molecule has 0 spiro atoms. The van der Waals surface area contributed by atoms with Crippen molar-refractivity contribution < 1.29 is 22.3 Å². The van der Waals surface area contributed by atoms with Crippen LogP contribution in [0.15, 0.2) is 24.3 Å². The van der Waals surface area contributed by atoms with Gasteiger partial charge in [0.25, 0.3) is 0 Å². The molecule has 0 heterocycles. The quantitative estimate of drug-likeness (QED) is 0.830. The first-order chi connectivity index (χ1) is 8.29. The van der Waals surface area contributed by atoms with Crippen LogP contribution in [0.1, 0.15) is 24.9 Å². The van der Waals surface area contributed by atoms with Gasteiger partial charge in [-0.15, -0.1) is 0 Å². The first kappa shape index (κ1) is 14.9.